The predicted octanol–water partition coefficient (Wildman–Crippen LogP) is 7.12. The van der Waals surface area contributed by atoms with Crippen LogP contribution in [0.1, 0.15) is 40.7 Å². The minimum atomic E-state index is -0.423. The molecule has 2 aliphatic rings. The van der Waals surface area contributed by atoms with Crippen LogP contribution >= 0.6 is 12.4 Å². The van der Waals surface area contributed by atoms with E-state index >= 15 is 0 Å². The number of piperidine rings is 1. The average Bonchev–Trinajstić information content (AvgIpc) is 3.06. The molecule has 0 bridgehead atoms. The first kappa shape index (κ1) is 25.4. The molecule has 0 spiro atoms. The van der Waals surface area contributed by atoms with Crippen molar-refractivity contribution in [3.63, 3.8) is 0 Å². The lowest BCUT2D eigenvalue weighted by molar-refractivity contribution is -0.385. The predicted molar refractivity (Wildman–Crippen MR) is 149 cm³/mol. The van der Waals surface area contributed by atoms with Crippen LogP contribution in [0.25, 0.3) is 23.8 Å². The van der Waals surface area contributed by atoms with Crippen molar-refractivity contribution in [1.82, 2.24) is 4.90 Å². The molecular formula is C30H29ClN2O3. The van der Waals surface area contributed by atoms with Gasteiger partial charge in [-0.2, -0.15) is 0 Å². The first-order chi connectivity index (χ1) is 17.1. The van der Waals surface area contributed by atoms with Crippen LogP contribution in [-0.2, 0) is 0 Å². The highest BCUT2D eigenvalue weighted by atomic mass is 35.5. The van der Waals surface area contributed by atoms with E-state index in [1.54, 1.807) is 12.1 Å². The van der Waals surface area contributed by atoms with Gasteiger partial charge in [-0.05, 0) is 58.4 Å². The molecule has 1 saturated heterocycles. The van der Waals surface area contributed by atoms with Gasteiger partial charge in [0.1, 0.15) is 0 Å². The molecular weight excluding hydrogens is 472 g/mol. The topological polar surface area (TPSA) is 55.6 Å². The Kier molecular flexibility index (Phi) is 8.04. The number of nitro groups is 1. The number of benzene rings is 3. The van der Waals surface area contributed by atoms with Gasteiger partial charge >= 0.3 is 5.69 Å². The van der Waals surface area contributed by atoms with E-state index in [0.717, 1.165) is 38.0 Å². The van der Waals surface area contributed by atoms with Gasteiger partial charge in [-0.25, -0.2) is 0 Å². The van der Waals surface area contributed by atoms with Crippen LogP contribution in [0.15, 0.2) is 78.4 Å². The largest absolute Gasteiger partial charge is 0.490 e. The molecule has 36 heavy (non-hydrogen) atoms. The van der Waals surface area contributed by atoms with E-state index in [1.165, 1.54) is 46.6 Å². The highest BCUT2D eigenvalue weighted by Gasteiger charge is 2.22. The second-order valence-corrected chi connectivity index (χ2v) is 8.88. The minimum absolute atomic E-state index is 0. The summed E-state index contributed by atoms with van der Waals surface area (Å²) in [6, 6.07) is 22.3. The summed E-state index contributed by atoms with van der Waals surface area (Å²) in [4.78, 5) is 13.1. The Morgan fingerprint density at radius 3 is 2.14 bits per heavy atom. The van der Waals surface area contributed by atoms with Crippen molar-refractivity contribution >= 4 is 41.9 Å². The van der Waals surface area contributed by atoms with Crippen molar-refractivity contribution in [1.29, 1.82) is 0 Å². The number of fused-ring (bicyclic) bond motifs is 2. The zero-order valence-electron chi connectivity index (χ0n) is 20.2. The fraction of sp³-hybridized carbons (Fsp3) is 0.200. The summed E-state index contributed by atoms with van der Waals surface area (Å²) in [6.07, 6.45) is 10.7. The summed E-state index contributed by atoms with van der Waals surface area (Å²) in [7, 11) is 1.46. The Morgan fingerprint density at radius 1 is 0.944 bits per heavy atom. The fourth-order valence-corrected chi connectivity index (χ4v) is 4.99. The van der Waals surface area contributed by atoms with Gasteiger partial charge in [0, 0.05) is 25.7 Å². The molecule has 1 aliphatic carbocycles. The molecule has 0 aromatic heterocycles. The number of hydrogen-bond donors (Lipinski definition) is 0. The van der Waals surface area contributed by atoms with Crippen LogP contribution in [-0.4, -0.2) is 36.6 Å². The highest BCUT2D eigenvalue weighted by Crippen LogP contribution is 2.38. The molecule has 0 atom stereocenters. The van der Waals surface area contributed by atoms with Gasteiger partial charge in [0.25, 0.3) is 0 Å². The van der Waals surface area contributed by atoms with Crippen LogP contribution in [0, 0.1) is 10.1 Å². The second-order valence-electron chi connectivity index (χ2n) is 8.88. The highest BCUT2D eigenvalue weighted by molar-refractivity contribution is 5.94. The lowest BCUT2D eigenvalue weighted by Gasteiger charge is -2.29. The third-order valence-electron chi connectivity index (χ3n) is 6.79. The molecule has 0 N–H and O–H groups in total. The van der Waals surface area contributed by atoms with Gasteiger partial charge in [0.2, 0.25) is 0 Å². The lowest BCUT2D eigenvalue weighted by atomic mass is 9.86. The summed E-state index contributed by atoms with van der Waals surface area (Å²) >= 11 is 0. The van der Waals surface area contributed by atoms with Crippen LogP contribution in [0.5, 0.6) is 5.75 Å². The first-order valence-corrected chi connectivity index (χ1v) is 11.9. The minimum Gasteiger partial charge on any atom is -0.490 e. The Balaban J connectivity index is 0.00000304. The summed E-state index contributed by atoms with van der Waals surface area (Å²) in [5, 5.41) is 11.1. The zero-order chi connectivity index (χ0) is 24.2. The maximum atomic E-state index is 11.1. The molecule has 1 fully saturated rings. The number of rotatable bonds is 5. The van der Waals surface area contributed by atoms with E-state index in [0.29, 0.717) is 0 Å². The Morgan fingerprint density at radius 2 is 1.56 bits per heavy atom. The molecule has 3 aromatic carbocycles. The van der Waals surface area contributed by atoms with Gasteiger partial charge < -0.3 is 4.74 Å². The Labute approximate surface area is 218 Å². The zero-order valence-corrected chi connectivity index (χ0v) is 21.0. The molecule has 0 unspecified atom stereocenters. The van der Waals surface area contributed by atoms with Crippen molar-refractivity contribution in [3.05, 3.63) is 116 Å². The first-order valence-electron chi connectivity index (χ1n) is 11.9. The normalized spacial score (nSPS) is 15.1. The standard InChI is InChI=1S/C30H28N2O3.ClH/c1-35-29-21-22(12-15-28(29)32(33)34)7-6-18-31-19-16-25(17-20-31)30-26-10-4-2-8-23(26)13-14-24-9-3-5-11-27(24)30;/h2-15,21H,16-20H2,1H3;1H. The number of methoxy groups -OCH3 is 1. The molecule has 5 rings (SSSR count). The van der Waals surface area contributed by atoms with Gasteiger partial charge in [-0.3, -0.25) is 15.0 Å². The number of likely N-dealkylation sites (tertiary alicyclic amines) is 1. The molecule has 6 heteroatoms. The van der Waals surface area contributed by atoms with Crippen LogP contribution in [0.3, 0.4) is 0 Å². The van der Waals surface area contributed by atoms with Crippen molar-refractivity contribution in [2.24, 2.45) is 0 Å². The van der Waals surface area contributed by atoms with E-state index in [9.17, 15) is 10.1 Å². The molecule has 5 nitrogen and oxygen atoms in total. The molecule has 1 heterocycles. The smallest absolute Gasteiger partial charge is 0.310 e. The maximum Gasteiger partial charge on any atom is 0.310 e. The molecule has 3 aromatic rings. The maximum absolute atomic E-state index is 11.1. The van der Waals surface area contributed by atoms with Crippen molar-refractivity contribution in [2.45, 2.75) is 12.8 Å². The Bertz CT molecular complexity index is 1300. The van der Waals surface area contributed by atoms with E-state index in [2.05, 4.69) is 71.7 Å². The molecule has 0 radical (unpaired) electrons. The average molecular weight is 501 g/mol. The third kappa shape index (κ3) is 5.27. The van der Waals surface area contributed by atoms with Gasteiger partial charge in [0.15, 0.2) is 5.75 Å². The summed E-state index contributed by atoms with van der Waals surface area (Å²) in [5.74, 6) is 0.282. The number of nitro benzene ring substituents is 1. The summed E-state index contributed by atoms with van der Waals surface area (Å²) < 4.78 is 5.18. The van der Waals surface area contributed by atoms with Gasteiger partial charge in [-0.1, -0.05) is 78.4 Å². The van der Waals surface area contributed by atoms with Crippen molar-refractivity contribution < 1.29 is 9.66 Å². The van der Waals surface area contributed by atoms with Crippen LogP contribution in [0.2, 0.25) is 0 Å². The number of halogens is 1. The van der Waals surface area contributed by atoms with E-state index in [-0.39, 0.29) is 23.8 Å². The number of nitrogens with zero attached hydrogens (tertiary/aromatic N) is 2. The molecule has 0 saturated carbocycles. The molecule has 184 valence electrons. The van der Waals surface area contributed by atoms with Gasteiger partial charge in [0.05, 0.1) is 12.0 Å². The fourth-order valence-electron chi connectivity index (χ4n) is 4.99. The van der Waals surface area contributed by atoms with E-state index in [4.69, 9.17) is 4.74 Å². The number of hydrogen-bond acceptors (Lipinski definition) is 4. The van der Waals surface area contributed by atoms with Crippen LogP contribution < -0.4 is 4.74 Å². The lowest BCUT2D eigenvalue weighted by Crippen LogP contribution is -2.31. The number of ether oxygens (including phenoxy) is 1. The third-order valence-corrected chi connectivity index (χ3v) is 6.79. The molecule has 1 aliphatic heterocycles. The van der Waals surface area contributed by atoms with E-state index in [1.807, 2.05) is 6.08 Å². The SMILES string of the molecule is COc1cc(C=CCN2CCC(=C3c4ccccc4C=Cc4ccccc43)CC2)ccc1[N+](=O)[O-].Cl. The van der Waals surface area contributed by atoms with Crippen molar-refractivity contribution in [3.8, 4) is 5.75 Å². The van der Waals surface area contributed by atoms with E-state index < -0.39 is 4.92 Å². The summed E-state index contributed by atoms with van der Waals surface area (Å²) in [6.45, 7) is 2.85. The van der Waals surface area contributed by atoms with Crippen molar-refractivity contribution in [2.75, 3.05) is 26.7 Å². The van der Waals surface area contributed by atoms with Crippen LogP contribution in [0.4, 0.5) is 5.69 Å². The summed E-state index contributed by atoms with van der Waals surface area (Å²) in [5.41, 5.74) is 8.99. The van der Waals surface area contributed by atoms with Gasteiger partial charge in [-0.15, -0.1) is 12.4 Å². The quantitative estimate of drug-likeness (QED) is 0.216. The monoisotopic (exact) mass is 500 g/mol. The second kappa shape index (κ2) is 11.4. The Hall–Kier alpha value is -3.67. The molecule has 0 amide bonds.